The number of ketones is 1. The van der Waals surface area contributed by atoms with Crippen LogP contribution in [0.4, 0.5) is 0 Å². The molecule has 0 rings (SSSR count). The minimum Gasteiger partial charge on any atom is -0.356 e. The Hall–Kier alpha value is 0.490. The van der Waals surface area contributed by atoms with Gasteiger partial charge in [0.15, 0.2) is 0 Å². The summed E-state index contributed by atoms with van der Waals surface area (Å²) in [7, 11) is -1.48. The SMILES string of the molecule is COP(=O)(O)OCCCCCCCC(=O)CCCCCCCSSCCCCCCCC(=O)NCCCCCCOP(=O)(O)OC.P. The zero-order chi connectivity index (χ0) is 34.2. The first-order valence-electron chi connectivity index (χ1n) is 17.2. The van der Waals surface area contributed by atoms with Crippen LogP contribution in [0.15, 0.2) is 0 Å². The molecule has 0 bridgehead atoms. The van der Waals surface area contributed by atoms with Gasteiger partial charge in [0.1, 0.15) is 5.78 Å². The van der Waals surface area contributed by atoms with Gasteiger partial charge in [-0.25, -0.2) is 9.13 Å². The smallest absolute Gasteiger partial charge is 0.356 e. The van der Waals surface area contributed by atoms with E-state index in [-0.39, 0.29) is 29.0 Å². The summed E-state index contributed by atoms with van der Waals surface area (Å²) >= 11 is 0. The number of rotatable bonds is 36. The number of Topliss-reactive ketones (excluding diaryl/α,β-unsaturated/α-hetero) is 1. The van der Waals surface area contributed by atoms with Gasteiger partial charge in [0.05, 0.1) is 13.2 Å². The molecule has 0 aromatic carbocycles. The Kier molecular flexibility index (Phi) is 36.8. The van der Waals surface area contributed by atoms with Crippen LogP contribution in [0, 0.1) is 0 Å². The van der Waals surface area contributed by atoms with E-state index in [1.54, 1.807) is 0 Å². The summed E-state index contributed by atoms with van der Waals surface area (Å²) in [4.78, 5) is 42.3. The van der Waals surface area contributed by atoms with Crippen LogP contribution in [-0.2, 0) is 36.8 Å². The molecule has 0 saturated heterocycles. The third-order valence-corrected chi connectivity index (χ3v) is 11.9. The van der Waals surface area contributed by atoms with Crippen LogP contribution in [0.3, 0.4) is 0 Å². The summed E-state index contributed by atoms with van der Waals surface area (Å²) in [5.41, 5.74) is 0. The highest BCUT2D eigenvalue weighted by molar-refractivity contribution is 8.76. The van der Waals surface area contributed by atoms with E-state index in [0.29, 0.717) is 44.4 Å². The van der Waals surface area contributed by atoms with Gasteiger partial charge in [-0.3, -0.25) is 27.7 Å². The van der Waals surface area contributed by atoms with Gasteiger partial charge >= 0.3 is 15.6 Å². The minimum atomic E-state index is -3.86. The zero-order valence-corrected chi connectivity index (χ0v) is 34.0. The Morgan fingerprint density at radius 3 is 1.36 bits per heavy atom. The molecule has 16 heteroatoms. The van der Waals surface area contributed by atoms with Gasteiger partial charge in [-0.1, -0.05) is 92.2 Å². The fourth-order valence-corrected chi connectivity index (χ4v) is 7.77. The number of carbonyl (C=O) groups excluding carboxylic acids is 2. The van der Waals surface area contributed by atoms with Crippen LogP contribution in [-0.4, -0.2) is 67.0 Å². The number of hydrogen-bond acceptors (Lipinski definition) is 10. The largest absolute Gasteiger partial charge is 0.471 e. The molecule has 11 nitrogen and oxygen atoms in total. The molecule has 0 heterocycles. The van der Waals surface area contributed by atoms with Crippen molar-refractivity contribution < 1.29 is 46.6 Å². The van der Waals surface area contributed by atoms with Gasteiger partial charge in [-0.2, -0.15) is 9.90 Å². The number of carbonyl (C=O) groups is 2. The first-order valence-corrected chi connectivity index (χ1v) is 22.7. The van der Waals surface area contributed by atoms with Gasteiger partial charge < -0.3 is 15.1 Å². The summed E-state index contributed by atoms with van der Waals surface area (Å²) in [5, 5.41) is 2.97. The highest BCUT2D eigenvalue weighted by Gasteiger charge is 2.18. The third kappa shape index (κ3) is 37.6. The second-order valence-electron chi connectivity index (χ2n) is 11.5. The molecule has 0 aliphatic heterocycles. The van der Waals surface area contributed by atoms with E-state index in [1.807, 2.05) is 21.6 Å². The molecule has 3 unspecified atom stereocenters. The average molecular weight is 770 g/mol. The van der Waals surface area contributed by atoms with Crippen molar-refractivity contribution in [1.82, 2.24) is 5.32 Å². The topological polar surface area (TPSA) is 158 Å². The quantitative estimate of drug-likeness (QED) is 0.0316. The van der Waals surface area contributed by atoms with Gasteiger partial charge in [0.25, 0.3) is 0 Å². The number of unbranched alkanes of at least 4 members (excludes halogenated alkanes) is 15. The summed E-state index contributed by atoms with van der Waals surface area (Å²) in [6.45, 7) is 1.08. The van der Waals surface area contributed by atoms with E-state index in [1.165, 1.54) is 50.0 Å². The molecule has 0 aromatic rings. The van der Waals surface area contributed by atoms with E-state index < -0.39 is 15.6 Å². The number of nitrogens with one attached hydrogen (secondary N) is 1. The molecule has 0 saturated carbocycles. The molecule has 0 radical (unpaired) electrons. The Labute approximate surface area is 296 Å². The predicted octanol–water partition coefficient (Wildman–Crippen LogP) is 9.22. The van der Waals surface area contributed by atoms with E-state index in [9.17, 15) is 18.7 Å². The Balaban J connectivity index is 0. The molecular weight excluding hydrogens is 703 g/mol. The van der Waals surface area contributed by atoms with Gasteiger partial charge in [0, 0.05) is 51.5 Å². The average Bonchev–Trinajstić information content (AvgIpc) is 3.03. The molecule has 47 heavy (non-hydrogen) atoms. The summed E-state index contributed by atoms with van der Waals surface area (Å²) in [5.74, 6) is 2.86. The van der Waals surface area contributed by atoms with Crippen molar-refractivity contribution in [3.8, 4) is 0 Å². The molecule has 0 aliphatic carbocycles. The molecule has 3 atom stereocenters. The fraction of sp³-hybridized carbons (Fsp3) is 0.935. The number of amides is 1. The zero-order valence-electron chi connectivity index (χ0n) is 29.2. The first-order chi connectivity index (χ1) is 22.1. The molecule has 282 valence electrons. The third-order valence-electron chi connectivity index (χ3n) is 7.36. The van der Waals surface area contributed by atoms with Gasteiger partial charge in [0.2, 0.25) is 5.91 Å². The lowest BCUT2D eigenvalue weighted by Crippen LogP contribution is -2.23. The lowest BCUT2D eigenvalue weighted by molar-refractivity contribution is -0.121. The number of hydrogen-bond donors (Lipinski definition) is 3. The molecular formula is C31H66NO10P3S2. The van der Waals surface area contributed by atoms with Crippen LogP contribution in [0.25, 0.3) is 0 Å². The van der Waals surface area contributed by atoms with E-state index in [0.717, 1.165) is 84.8 Å². The number of phosphoric ester groups is 2. The van der Waals surface area contributed by atoms with Crippen LogP contribution in [0.1, 0.15) is 141 Å². The Morgan fingerprint density at radius 1 is 0.553 bits per heavy atom. The van der Waals surface area contributed by atoms with Crippen LogP contribution >= 0.6 is 47.1 Å². The van der Waals surface area contributed by atoms with Crippen LogP contribution < -0.4 is 5.32 Å². The molecule has 3 N–H and O–H groups in total. The lowest BCUT2D eigenvalue weighted by atomic mass is 10.0. The van der Waals surface area contributed by atoms with Crippen molar-refractivity contribution >= 4 is 58.8 Å². The Bertz CT molecular complexity index is 779. The van der Waals surface area contributed by atoms with Gasteiger partial charge in [-0.15, -0.1) is 0 Å². The fourth-order valence-electron chi connectivity index (χ4n) is 4.55. The summed E-state index contributed by atoms with van der Waals surface area (Å²) in [6, 6.07) is 0. The highest BCUT2D eigenvalue weighted by atomic mass is 33.1. The maximum atomic E-state index is 12.1. The lowest BCUT2D eigenvalue weighted by Gasteiger charge is -2.09. The second-order valence-corrected chi connectivity index (χ2v) is 17.3. The van der Waals surface area contributed by atoms with E-state index in [2.05, 4.69) is 14.4 Å². The van der Waals surface area contributed by atoms with Crippen molar-refractivity contribution in [2.24, 2.45) is 0 Å². The number of phosphoric acid groups is 2. The van der Waals surface area contributed by atoms with E-state index in [4.69, 9.17) is 18.8 Å². The molecule has 0 aromatic heterocycles. The molecule has 0 fully saturated rings. The normalized spacial score (nSPS) is 13.9. The standard InChI is InChI=1S/C31H63NO10P2S2.H3P/c1-39-43(35,36)41-26-18-10-3-6-14-22-30(33)23-15-7-4-12-20-28-45-46-29-21-13-5-8-16-24-31(34)32-25-17-9-11-19-27-42-44(37,38)40-2;/h3-29H2,1-2H3,(H,32,34)(H,35,36)(H,37,38);1H3. The van der Waals surface area contributed by atoms with E-state index >= 15 is 0 Å². The highest BCUT2D eigenvalue weighted by Crippen LogP contribution is 2.42. The van der Waals surface area contributed by atoms with Crippen molar-refractivity contribution in [2.75, 3.05) is 45.5 Å². The maximum absolute atomic E-state index is 12.1. The van der Waals surface area contributed by atoms with Crippen molar-refractivity contribution in [3.05, 3.63) is 0 Å². The predicted molar refractivity (Wildman–Crippen MR) is 201 cm³/mol. The monoisotopic (exact) mass is 769 g/mol. The molecule has 1 amide bonds. The minimum absolute atomic E-state index is 0. The summed E-state index contributed by atoms with van der Waals surface area (Å²) < 4.78 is 40.6. The van der Waals surface area contributed by atoms with Crippen LogP contribution in [0.2, 0.25) is 0 Å². The van der Waals surface area contributed by atoms with Crippen molar-refractivity contribution in [1.29, 1.82) is 0 Å². The van der Waals surface area contributed by atoms with Crippen molar-refractivity contribution in [3.63, 3.8) is 0 Å². The Morgan fingerprint density at radius 2 is 0.915 bits per heavy atom. The second kappa shape index (κ2) is 34.9. The molecule has 0 aliphatic rings. The molecule has 0 spiro atoms. The van der Waals surface area contributed by atoms with Crippen LogP contribution in [0.5, 0.6) is 0 Å². The van der Waals surface area contributed by atoms with Gasteiger partial charge in [-0.05, 0) is 51.4 Å². The maximum Gasteiger partial charge on any atom is 0.471 e. The first kappa shape index (κ1) is 49.6. The van der Waals surface area contributed by atoms with Crippen molar-refractivity contribution in [2.45, 2.75) is 141 Å². The summed E-state index contributed by atoms with van der Waals surface area (Å²) in [6.07, 6.45) is 21.3.